The Bertz CT molecular complexity index is 1050. The quantitative estimate of drug-likeness (QED) is 0.554. The maximum Gasteiger partial charge on any atom is 0.200 e. The molecule has 1 atom stereocenters. The van der Waals surface area contributed by atoms with Crippen LogP contribution < -0.4 is 4.90 Å². The van der Waals surface area contributed by atoms with E-state index in [-0.39, 0.29) is 6.10 Å². The summed E-state index contributed by atoms with van der Waals surface area (Å²) in [5.74, 6) is 0.855. The first-order chi connectivity index (χ1) is 12.3. The smallest absolute Gasteiger partial charge is 0.200 e. The molecule has 4 heterocycles. The maximum absolute atomic E-state index is 6.02. The Morgan fingerprint density at radius 2 is 2.12 bits per heavy atom. The second-order valence-electron chi connectivity index (χ2n) is 6.27. The molecule has 126 valence electrons. The summed E-state index contributed by atoms with van der Waals surface area (Å²) in [6.45, 7) is 2.20. The van der Waals surface area contributed by atoms with Gasteiger partial charge < -0.3 is 14.2 Å². The van der Waals surface area contributed by atoms with Crippen LogP contribution in [0.5, 0.6) is 0 Å². The molecule has 25 heavy (non-hydrogen) atoms. The summed E-state index contributed by atoms with van der Waals surface area (Å²) in [4.78, 5) is 2.21. The minimum Gasteiger partial charge on any atom is -0.370 e. The number of anilines is 1. The minimum absolute atomic E-state index is 0.0183. The van der Waals surface area contributed by atoms with E-state index in [9.17, 15) is 0 Å². The highest BCUT2D eigenvalue weighted by molar-refractivity contribution is 5.80. The zero-order valence-electron chi connectivity index (χ0n) is 13.8. The third kappa shape index (κ3) is 2.42. The molecule has 0 amide bonds. The fourth-order valence-electron chi connectivity index (χ4n) is 3.37. The normalized spacial score (nSPS) is 18.3. The largest absolute Gasteiger partial charge is 0.370 e. The van der Waals surface area contributed by atoms with Gasteiger partial charge in [-0.25, -0.2) is 0 Å². The molecule has 1 aliphatic rings. The molecule has 1 fully saturated rings. The Morgan fingerprint density at radius 3 is 3.08 bits per heavy atom. The summed E-state index contributed by atoms with van der Waals surface area (Å²) >= 11 is 0. The fourth-order valence-corrected chi connectivity index (χ4v) is 3.37. The van der Waals surface area contributed by atoms with Gasteiger partial charge in [-0.1, -0.05) is 6.07 Å². The summed E-state index contributed by atoms with van der Waals surface area (Å²) in [6, 6.07) is 12.5. The number of tetrazole rings is 1. The average Bonchev–Trinajstić information content (AvgIpc) is 3.27. The Morgan fingerprint density at radius 1 is 1.16 bits per heavy atom. The molecule has 0 N–H and O–H groups in total. The molecule has 0 radical (unpaired) electrons. The van der Waals surface area contributed by atoms with Gasteiger partial charge in [0.15, 0.2) is 11.5 Å². The van der Waals surface area contributed by atoms with E-state index in [0.717, 1.165) is 18.9 Å². The lowest BCUT2D eigenvalue weighted by Crippen LogP contribution is -2.39. The maximum atomic E-state index is 6.02. The molecule has 1 aliphatic heterocycles. The van der Waals surface area contributed by atoms with Crippen molar-refractivity contribution in [1.82, 2.24) is 29.8 Å². The van der Waals surface area contributed by atoms with Crippen molar-refractivity contribution in [1.29, 1.82) is 0 Å². The second kappa shape index (κ2) is 5.52. The lowest BCUT2D eigenvalue weighted by Gasteiger charge is -2.33. The zero-order valence-corrected chi connectivity index (χ0v) is 13.8. The van der Waals surface area contributed by atoms with Crippen LogP contribution in [0, 0.1) is 0 Å². The van der Waals surface area contributed by atoms with E-state index in [4.69, 9.17) is 4.74 Å². The number of fused-ring (bicyclic) bond motifs is 2. The first kappa shape index (κ1) is 14.4. The first-order valence-corrected chi connectivity index (χ1v) is 8.25. The first-order valence-electron chi connectivity index (χ1n) is 8.25. The number of benzene rings is 1. The van der Waals surface area contributed by atoms with Crippen molar-refractivity contribution in [3.05, 3.63) is 48.2 Å². The van der Waals surface area contributed by atoms with E-state index in [1.807, 2.05) is 12.1 Å². The van der Waals surface area contributed by atoms with Gasteiger partial charge in [-0.3, -0.25) is 0 Å². The SMILES string of the molecule is Cn1ccc2cc(C3CN(c4ccc5nnnn5n4)CCO3)ccc21. The number of hydrogen-bond donors (Lipinski definition) is 0. The highest BCUT2D eigenvalue weighted by Gasteiger charge is 2.23. The van der Waals surface area contributed by atoms with Crippen LogP contribution in [0.4, 0.5) is 5.82 Å². The highest BCUT2D eigenvalue weighted by Crippen LogP contribution is 2.27. The Labute approximate surface area is 143 Å². The zero-order chi connectivity index (χ0) is 16.8. The summed E-state index contributed by atoms with van der Waals surface area (Å²) < 4.78 is 9.60. The van der Waals surface area contributed by atoms with Crippen molar-refractivity contribution in [3.8, 4) is 0 Å². The number of morpholine rings is 1. The predicted octanol–water partition coefficient (Wildman–Crippen LogP) is 1.59. The van der Waals surface area contributed by atoms with Crippen LogP contribution >= 0.6 is 0 Å². The molecule has 1 unspecified atom stereocenters. The lowest BCUT2D eigenvalue weighted by atomic mass is 10.1. The van der Waals surface area contributed by atoms with Crippen molar-refractivity contribution >= 4 is 22.4 Å². The molecule has 1 saturated heterocycles. The van der Waals surface area contributed by atoms with Crippen LogP contribution in [0.25, 0.3) is 16.6 Å². The van der Waals surface area contributed by atoms with Gasteiger partial charge in [0.25, 0.3) is 0 Å². The van der Waals surface area contributed by atoms with Gasteiger partial charge in [-0.2, -0.15) is 0 Å². The summed E-state index contributed by atoms with van der Waals surface area (Å²) in [7, 11) is 2.06. The van der Waals surface area contributed by atoms with E-state index in [0.29, 0.717) is 12.3 Å². The Kier molecular flexibility index (Phi) is 3.17. The second-order valence-corrected chi connectivity index (χ2v) is 6.27. The van der Waals surface area contributed by atoms with Gasteiger partial charge in [0.1, 0.15) is 6.10 Å². The molecule has 4 aromatic rings. The molecule has 1 aromatic carbocycles. The monoisotopic (exact) mass is 335 g/mol. The number of ether oxygens (including phenoxy) is 1. The van der Waals surface area contributed by atoms with Crippen LogP contribution in [0.3, 0.4) is 0 Å². The van der Waals surface area contributed by atoms with E-state index in [1.54, 1.807) is 0 Å². The molecular formula is C17H17N7O. The van der Waals surface area contributed by atoms with Crippen LogP contribution in [-0.4, -0.2) is 49.5 Å². The van der Waals surface area contributed by atoms with Crippen LogP contribution in [0.15, 0.2) is 42.6 Å². The molecule has 0 aliphatic carbocycles. The number of aromatic nitrogens is 6. The summed E-state index contributed by atoms with van der Waals surface area (Å²) in [6.07, 6.45) is 2.10. The average molecular weight is 335 g/mol. The van der Waals surface area contributed by atoms with E-state index >= 15 is 0 Å². The molecule has 3 aromatic heterocycles. The van der Waals surface area contributed by atoms with Gasteiger partial charge in [-0.15, -0.1) is 14.8 Å². The molecule has 0 bridgehead atoms. The summed E-state index contributed by atoms with van der Waals surface area (Å²) in [5, 5.41) is 17.1. The van der Waals surface area contributed by atoms with Crippen molar-refractivity contribution in [2.75, 3.05) is 24.6 Å². The number of aryl methyl sites for hydroxylation is 1. The van der Waals surface area contributed by atoms with Crippen molar-refractivity contribution < 1.29 is 4.74 Å². The van der Waals surface area contributed by atoms with Crippen LogP contribution in [0.1, 0.15) is 11.7 Å². The van der Waals surface area contributed by atoms with Gasteiger partial charge in [0.2, 0.25) is 0 Å². The molecule has 8 heteroatoms. The Hall–Kier alpha value is -3.00. The third-order valence-corrected chi connectivity index (χ3v) is 4.73. The standard InChI is InChI=1S/C17H17N7O/c1-22-7-6-12-10-13(2-3-14(12)22)15-11-23(8-9-25-15)17-5-4-16-18-20-21-24(16)19-17/h2-7,10,15H,8-9,11H2,1H3. The molecule has 5 rings (SSSR count). The van der Waals surface area contributed by atoms with Crippen LogP contribution in [-0.2, 0) is 11.8 Å². The van der Waals surface area contributed by atoms with Gasteiger partial charge in [0, 0.05) is 31.9 Å². The van der Waals surface area contributed by atoms with E-state index in [2.05, 4.69) is 67.6 Å². The lowest BCUT2D eigenvalue weighted by molar-refractivity contribution is 0.0395. The Balaban J connectivity index is 1.44. The topological polar surface area (TPSA) is 73.4 Å². The van der Waals surface area contributed by atoms with E-state index < -0.39 is 0 Å². The fraction of sp³-hybridized carbons (Fsp3) is 0.294. The van der Waals surface area contributed by atoms with Crippen molar-refractivity contribution in [3.63, 3.8) is 0 Å². The van der Waals surface area contributed by atoms with E-state index in [1.165, 1.54) is 21.1 Å². The summed E-state index contributed by atoms with van der Waals surface area (Å²) in [5.41, 5.74) is 3.05. The minimum atomic E-state index is 0.0183. The van der Waals surface area contributed by atoms with Gasteiger partial charge in [-0.05, 0) is 51.7 Å². The van der Waals surface area contributed by atoms with Crippen molar-refractivity contribution in [2.24, 2.45) is 7.05 Å². The third-order valence-electron chi connectivity index (χ3n) is 4.73. The highest BCUT2D eigenvalue weighted by atomic mass is 16.5. The van der Waals surface area contributed by atoms with Crippen molar-refractivity contribution in [2.45, 2.75) is 6.10 Å². The van der Waals surface area contributed by atoms with Gasteiger partial charge >= 0.3 is 0 Å². The number of nitrogens with zero attached hydrogens (tertiary/aromatic N) is 7. The molecular weight excluding hydrogens is 318 g/mol. The number of hydrogen-bond acceptors (Lipinski definition) is 6. The predicted molar refractivity (Wildman–Crippen MR) is 92.4 cm³/mol. The van der Waals surface area contributed by atoms with Crippen LogP contribution in [0.2, 0.25) is 0 Å². The molecule has 0 spiro atoms. The molecule has 0 saturated carbocycles. The molecule has 8 nitrogen and oxygen atoms in total. The van der Waals surface area contributed by atoms with Gasteiger partial charge in [0.05, 0.1) is 6.61 Å². The number of rotatable bonds is 2.